The molecule has 2 aromatic carbocycles. The zero-order valence-corrected chi connectivity index (χ0v) is 14.2. The van der Waals surface area contributed by atoms with Crippen LogP contribution in [0.5, 0.6) is 0 Å². The zero-order valence-electron chi connectivity index (χ0n) is 12.6. The van der Waals surface area contributed by atoms with E-state index in [-0.39, 0.29) is 11.6 Å². The van der Waals surface area contributed by atoms with Crippen molar-refractivity contribution >= 4 is 37.5 Å². The van der Waals surface area contributed by atoms with Crippen LogP contribution in [0.25, 0.3) is 21.5 Å². The van der Waals surface area contributed by atoms with Gasteiger partial charge in [0, 0.05) is 9.86 Å². The molecule has 0 saturated heterocycles. The summed E-state index contributed by atoms with van der Waals surface area (Å²) >= 11 is 3.57. The van der Waals surface area contributed by atoms with E-state index in [9.17, 15) is 9.90 Å². The van der Waals surface area contributed by atoms with Gasteiger partial charge in [0.2, 0.25) is 0 Å². The maximum atomic E-state index is 12.9. The predicted octanol–water partition coefficient (Wildman–Crippen LogP) is 3.79. The molecule has 118 valence electrons. The highest BCUT2D eigenvalue weighted by Gasteiger charge is 2.27. The summed E-state index contributed by atoms with van der Waals surface area (Å²) in [5, 5.41) is 18.2. The summed E-state index contributed by atoms with van der Waals surface area (Å²) in [6.45, 7) is 0. The largest absolute Gasteiger partial charge is 0.391 e. The Hall–Kier alpha value is -1.72. The van der Waals surface area contributed by atoms with Crippen LogP contribution in [0.1, 0.15) is 31.7 Å². The Labute approximate surface area is 141 Å². The average Bonchev–Trinajstić information content (AvgIpc) is 2.57. The zero-order chi connectivity index (χ0) is 16.0. The molecule has 1 heterocycles. The number of fused-ring (bicyclic) bond motifs is 3. The van der Waals surface area contributed by atoms with E-state index in [4.69, 9.17) is 0 Å². The van der Waals surface area contributed by atoms with Crippen molar-refractivity contribution in [3.8, 4) is 0 Å². The Morgan fingerprint density at radius 2 is 1.83 bits per heavy atom. The van der Waals surface area contributed by atoms with Gasteiger partial charge in [0.05, 0.1) is 23.7 Å². The molecule has 1 fully saturated rings. The smallest absolute Gasteiger partial charge is 0.275 e. The van der Waals surface area contributed by atoms with Crippen molar-refractivity contribution in [2.45, 2.75) is 37.8 Å². The van der Waals surface area contributed by atoms with Crippen LogP contribution in [0.2, 0.25) is 0 Å². The molecule has 0 amide bonds. The Morgan fingerprint density at radius 1 is 1.09 bits per heavy atom. The molecule has 1 saturated carbocycles. The molecule has 0 spiro atoms. The van der Waals surface area contributed by atoms with E-state index in [0.717, 1.165) is 46.3 Å². The van der Waals surface area contributed by atoms with E-state index >= 15 is 0 Å². The number of rotatable bonds is 1. The topological polar surface area (TPSA) is 55.1 Å². The Balaban J connectivity index is 1.98. The Bertz CT molecular complexity index is 951. The number of halogens is 1. The number of aromatic nitrogens is 2. The van der Waals surface area contributed by atoms with Crippen molar-refractivity contribution < 1.29 is 5.11 Å². The maximum Gasteiger partial charge on any atom is 0.275 e. The van der Waals surface area contributed by atoms with Gasteiger partial charge in [-0.05, 0) is 29.7 Å². The number of nitrogens with zero attached hydrogens (tertiary/aromatic N) is 2. The molecule has 4 rings (SSSR count). The molecule has 5 heteroatoms. The second kappa shape index (κ2) is 5.73. The molecule has 1 aromatic heterocycles. The van der Waals surface area contributed by atoms with Gasteiger partial charge in [-0.2, -0.15) is 5.10 Å². The van der Waals surface area contributed by atoms with Crippen molar-refractivity contribution in [2.24, 2.45) is 0 Å². The second-order valence-electron chi connectivity index (χ2n) is 6.18. The van der Waals surface area contributed by atoms with Crippen LogP contribution in [-0.4, -0.2) is 21.0 Å². The van der Waals surface area contributed by atoms with Gasteiger partial charge in [-0.15, -0.1) is 0 Å². The van der Waals surface area contributed by atoms with Gasteiger partial charge in [-0.1, -0.05) is 53.0 Å². The SMILES string of the molecule is O=c1c2cc(Br)c3ccccc3c2cnn1C1CCCCC1O. The van der Waals surface area contributed by atoms with Crippen LogP contribution in [-0.2, 0) is 0 Å². The van der Waals surface area contributed by atoms with E-state index < -0.39 is 6.10 Å². The van der Waals surface area contributed by atoms with Gasteiger partial charge in [0.25, 0.3) is 5.56 Å². The van der Waals surface area contributed by atoms with Gasteiger partial charge in [0.15, 0.2) is 0 Å². The fraction of sp³-hybridized carbons (Fsp3) is 0.333. The normalized spacial score (nSPS) is 21.8. The minimum absolute atomic E-state index is 0.125. The predicted molar refractivity (Wildman–Crippen MR) is 94.7 cm³/mol. The van der Waals surface area contributed by atoms with E-state index in [1.807, 2.05) is 30.3 Å². The summed E-state index contributed by atoms with van der Waals surface area (Å²) in [6.07, 6.45) is 4.83. The third kappa shape index (κ3) is 2.39. The molecule has 0 radical (unpaired) electrons. The van der Waals surface area contributed by atoms with E-state index in [2.05, 4.69) is 21.0 Å². The summed E-state index contributed by atoms with van der Waals surface area (Å²) < 4.78 is 2.38. The first-order valence-electron chi connectivity index (χ1n) is 7.93. The first kappa shape index (κ1) is 14.8. The highest BCUT2D eigenvalue weighted by atomic mass is 79.9. The van der Waals surface area contributed by atoms with E-state index in [1.165, 1.54) is 4.68 Å². The molecule has 0 aliphatic heterocycles. The number of aliphatic hydroxyl groups is 1. The summed E-state index contributed by atoms with van der Waals surface area (Å²) in [4.78, 5) is 12.9. The number of benzene rings is 2. The minimum Gasteiger partial charge on any atom is -0.391 e. The molecule has 3 aromatic rings. The van der Waals surface area contributed by atoms with E-state index in [1.54, 1.807) is 6.20 Å². The van der Waals surface area contributed by atoms with Crippen LogP contribution in [0.4, 0.5) is 0 Å². The lowest BCUT2D eigenvalue weighted by Crippen LogP contribution is -2.36. The van der Waals surface area contributed by atoms with Crippen molar-refractivity contribution in [1.29, 1.82) is 0 Å². The number of hydrogen-bond acceptors (Lipinski definition) is 3. The summed E-state index contributed by atoms with van der Waals surface area (Å²) in [5.74, 6) is 0. The monoisotopic (exact) mass is 372 g/mol. The molecular formula is C18H17BrN2O2. The lowest BCUT2D eigenvalue weighted by Gasteiger charge is -2.28. The van der Waals surface area contributed by atoms with Crippen LogP contribution in [0.3, 0.4) is 0 Å². The Kier molecular flexibility index (Phi) is 3.70. The van der Waals surface area contributed by atoms with Crippen LogP contribution in [0.15, 0.2) is 45.8 Å². The number of aliphatic hydroxyl groups excluding tert-OH is 1. The molecule has 2 atom stereocenters. The Morgan fingerprint density at radius 3 is 2.61 bits per heavy atom. The first-order valence-corrected chi connectivity index (χ1v) is 8.73. The van der Waals surface area contributed by atoms with Gasteiger partial charge in [-0.25, -0.2) is 4.68 Å². The van der Waals surface area contributed by atoms with Crippen LogP contribution < -0.4 is 5.56 Å². The van der Waals surface area contributed by atoms with Crippen molar-refractivity contribution in [3.63, 3.8) is 0 Å². The molecule has 4 nitrogen and oxygen atoms in total. The van der Waals surface area contributed by atoms with Gasteiger partial charge in [0.1, 0.15) is 0 Å². The molecular weight excluding hydrogens is 356 g/mol. The highest BCUT2D eigenvalue weighted by molar-refractivity contribution is 9.10. The fourth-order valence-corrected chi connectivity index (χ4v) is 4.15. The fourth-order valence-electron chi connectivity index (χ4n) is 3.58. The van der Waals surface area contributed by atoms with Crippen LogP contribution >= 0.6 is 15.9 Å². The maximum absolute atomic E-state index is 12.9. The number of hydrogen-bond donors (Lipinski definition) is 1. The van der Waals surface area contributed by atoms with E-state index in [0.29, 0.717) is 5.39 Å². The molecule has 23 heavy (non-hydrogen) atoms. The lowest BCUT2D eigenvalue weighted by molar-refractivity contribution is 0.0672. The van der Waals surface area contributed by atoms with Gasteiger partial charge >= 0.3 is 0 Å². The lowest BCUT2D eigenvalue weighted by atomic mass is 9.92. The first-order chi connectivity index (χ1) is 11.2. The van der Waals surface area contributed by atoms with Gasteiger partial charge in [-0.3, -0.25) is 4.79 Å². The summed E-state index contributed by atoms with van der Waals surface area (Å²) in [5.41, 5.74) is -0.125. The van der Waals surface area contributed by atoms with Crippen molar-refractivity contribution in [1.82, 2.24) is 9.78 Å². The molecule has 1 aliphatic carbocycles. The minimum atomic E-state index is -0.490. The molecule has 0 bridgehead atoms. The van der Waals surface area contributed by atoms with Crippen LogP contribution in [0, 0.1) is 0 Å². The third-order valence-electron chi connectivity index (χ3n) is 4.79. The van der Waals surface area contributed by atoms with Crippen molar-refractivity contribution in [3.05, 3.63) is 51.4 Å². The second-order valence-corrected chi connectivity index (χ2v) is 7.03. The molecule has 2 unspecified atom stereocenters. The quantitative estimate of drug-likeness (QED) is 0.661. The molecule has 1 aliphatic rings. The average molecular weight is 373 g/mol. The summed E-state index contributed by atoms with van der Waals surface area (Å²) in [6, 6.07) is 9.62. The van der Waals surface area contributed by atoms with Gasteiger partial charge < -0.3 is 5.11 Å². The standard InChI is InChI=1S/C18H17BrN2O2/c19-15-9-13-14(11-5-1-2-6-12(11)15)10-20-21(18(13)23)16-7-3-4-8-17(16)22/h1-2,5-6,9-10,16-17,22H,3-4,7-8H2. The third-order valence-corrected chi connectivity index (χ3v) is 5.45. The molecule has 1 N–H and O–H groups in total. The highest BCUT2D eigenvalue weighted by Crippen LogP contribution is 2.31. The van der Waals surface area contributed by atoms with Crippen molar-refractivity contribution in [2.75, 3.05) is 0 Å². The summed E-state index contributed by atoms with van der Waals surface area (Å²) in [7, 11) is 0.